The van der Waals surface area contributed by atoms with E-state index >= 15 is 0 Å². The third-order valence-corrected chi connectivity index (χ3v) is 3.90. The smallest absolute Gasteiger partial charge is 0.236 e. The maximum atomic E-state index is 5.71. The summed E-state index contributed by atoms with van der Waals surface area (Å²) in [6.45, 7) is 2.48. The number of nitrogens with zero attached hydrogens (tertiary/aromatic N) is 5. The molecular weight excluding hydrogens is 322 g/mol. The molecule has 3 heterocycles. The van der Waals surface area contributed by atoms with Crippen molar-refractivity contribution in [2.45, 2.75) is 32.2 Å². The fraction of sp³-hybridized carbons (Fsp3) is 0.385. The summed E-state index contributed by atoms with van der Waals surface area (Å²) < 4.78 is 8.68. The summed E-state index contributed by atoms with van der Waals surface area (Å²) in [6.07, 6.45) is 4.06. The van der Waals surface area contributed by atoms with Crippen molar-refractivity contribution in [2.24, 2.45) is 0 Å². The molecule has 102 valence electrons. The van der Waals surface area contributed by atoms with E-state index in [-0.39, 0.29) is 0 Å². The number of aryl methyl sites for hydroxylation is 1. The van der Waals surface area contributed by atoms with E-state index < -0.39 is 0 Å². The van der Waals surface area contributed by atoms with Crippen molar-refractivity contribution in [2.75, 3.05) is 0 Å². The van der Waals surface area contributed by atoms with Gasteiger partial charge in [-0.3, -0.25) is 0 Å². The molecule has 1 fully saturated rings. The maximum absolute atomic E-state index is 5.71. The Balaban J connectivity index is 1.73. The molecule has 20 heavy (non-hydrogen) atoms. The number of rotatable bonds is 3. The van der Waals surface area contributed by atoms with E-state index in [0.717, 1.165) is 40.2 Å². The van der Waals surface area contributed by atoms with Gasteiger partial charge >= 0.3 is 0 Å². The summed E-state index contributed by atoms with van der Waals surface area (Å²) in [5, 5.41) is 8.24. The minimum absolute atomic E-state index is 0.479. The van der Waals surface area contributed by atoms with Crippen LogP contribution in [0.2, 0.25) is 0 Å². The molecule has 0 aromatic carbocycles. The molecule has 3 aromatic heterocycles. The lowest BCUT2D eigenvalue weighted by Crippen LogP contribution is -2.02. The van der Waals surface area contributed by atoms with Gasteiger partial charge in [0.1, 0.15) is 12.4 Å². The lowest BCUT2D eigenvalue weighted by molar-refractivity contribution is 0.440. The minimum Gasteiger partial charge on any atom is -0.423 e. The SMILES string of the molecule is Cc1nc2ncc(Br)cc2n1Cc1nnc(C2CC2)o1. The Morgan fingerprint density at radius 3 is 3.05 bits per heavy atom. The molecule has 0 spiro atoms. The summed E-state index contributed by atoms with van der Waals surface area (Å²) in [5.41, 5.74) is 1.69. The van der Waals surface area contributed by atoms with E-state index in [0.29, 0.717) is 18.4 Å². The second-order valence-electron chi connectivity index (χ2n) is 5.05. The first kappa shape index (κ1) is 12.0. The van der Waals surface area contributed by atoms with Gasteiger partial charge in [-0.05, 0) is 41.8 Å². The van der Waals surface area contributed by atoms with Crippen molar-refractivity contribution in [1.82, 2.24) is 24.7 Å². The predicted octanol–water partition coefficient (Wildman–Crippen LogP) is 2.81. The highest BCUT2D eigenvalue weighted by Gasteiger charge is 2.29. The van der Waals surface area contributed by atoms with Gasteiger partial charge in [-0.2, -0.15) is 0 Å². The van der Waals surface area contributed by atoms with Gasteiger partial charge in [0, 0.05) is 16.6 Å². The van der Waals surface area contributed by atoms with Crippen LogP contribution < -0.4 is 0 Å². The molecule has 1 aliphatic carbocycles. The molecular formula is C13H12BrN5O. The van der Waals surface area contributed by atoms with Gasteiger partial charge in [0.05, 0.1) is 5.52 Å². The van der Waals surface area contributed by atoms with Crippen LogP contribution >= 0.6 is 15.9 Å². The Morgan fingerprint density at radius 2 is 2.25 bits per heavy atom. The fourth-order valence-electron chi connectivity index (χ4n) is 2.25. The van der Waals surface area contributed by atoms with Crippen LogP contribution in [0.15, 0.2) is 21.2 Å². The quantitative estimate of drug-likeness (QED) is 0.737. The number of imidazole rings is 1. The Morgan fingerprint density at radius 1 is 1.40 bits per heavy atom. The van der Waals surface area contributed by atoms with Crippen LogP contribution in [0.5, 0.6) is 0 Å². The van der Waals surface area contributed by atoms with E-state index in [2.05, 4.69) is 36.1 Å². The van der Waals surface area contributed by atoms with Crippen molar-refractivity contribution in [3.05, 3.63) is 34.3 Å². The highest BCUT2D eigenvalue weighted by molar-refractivity contribution is 9.10. The summed E-state index contributed by atoms with van der Waals surface area (Å²) in [6, 6.07) is 2.00. The summed E-state index contributed by atoms with van der Waals surface area (Å²) in [5.74, 6) is 2.75. The van der Waals surface area contributed by atoms with Crippen molar-refractivity contribution in [1.29, 1.82) is 0 Å². The number of fused-ring (bicyclic) bond motifs is 1. The highest BCUT2D eigenvalue weighted by Crippen LogP contribution is 2.39. The van der Waals surface area contributed by atoms with Crippen molar-refractivity contribution in [3.63, 3.8) is 0 Å². The Labute approximate surface area is 123 Å². The molecule has 3 aromatic rings. The van der Waals surface area contributed by atoms with E-state index in [1.54, 1.807) is 6.20 Å². The first-order valence-corrected chi connectivity index (χ1v) is 7.30. The number of hydrogen-bond donors (Lipinski definition) is 0. The van der Waals surface area contributed by atoms with Crippen LogP contribution in [0.3, 0.4) is 0 Å². The van der Waals surface area contributed by atoms with Crippen LogP contribution in [0, 0.1) is 6.92 Å². The van der Waals surface area contributed by atoms with Crippen LogP contribution in [0.25, 0.3) is 11.2 Å². The molecule has 0 atom stereocenters. The first-order valence-electron chi connectivity index (χ1n) is 6.51. The lowest BCUT2D eigenvalue weighted by atomic mass is 10.4. The molecule has 6 nitrogen and oxygen atoms in total. The van der Waals surface area contributed by atoms with Crippen molar-refractivity contribution >= 4 is 27.1 Å². The Bertz CT molecular complexity index is 789. The number of pyridine rings is 1. The molecule has 4 rings (SSSR count). The zero-order valence-electron chi connectivity index (χ0n) is 10.9. The average Bonchev–Trinajstić information content (AvgIpc) is 3.10. The zero-order valence-corrected chi connectivity index (χ0v) is 12.5. The maximum Gasteiger partial charge on any atom is 0.236 e. The van der Waals surface area contributed by atoms with Crippen LogP contribution in [-0.4, -0.2) is 24.7 Å². The zero-order chi connectivity index (χ0) is 13.7. The summed E-state index contributed by atoms with van der Waals surface area (Å²) >= 11 is 3.44. The van der Waals surface area contributed by atoms with E-state index in [9.17, 15) is 0 Å². The molecule has 0 saturated heterocycles. The number of halogens is 1. The molecule has 7 heteroatoms. The monoisotopic (exact) mass is 333 g/mol. The normalized spacial score (nSPS) is 15.1. The molecule has 0 amide bonds. The molecule has 0 bridgehead atoms. The van der Waals surface area contributed by atoms with Gasteiger partial charge in [-0.25, -0.2) is 9.97 Å². The second-order valence-corrected chi connectivity index (χ2v) is 5.97. The van der Waals surface area contributed by atoms with Gasteiger partial charge in [-0.15, -0.1) is 10.2 Å². The fourth-order valence-corrected chi connectivity index (χ4v) is 2.57. The second kappa shape index (κ2) is 4.37. The van der Waals surface area contributed by atoms with Crippen molar-refractivity contribution < 1.29 is 4.42 Å². The van der Waals surface area contributed by atoms with Gasteiger partial charge in [-0.1, -0.05) is 0 Å². The van der Waals surface area contributed by atoms with Crippen molar-refractivity contribution in [3.8, 4) is 0 Å². The molecule has 1 saturated carbocycles. The largest absolute Gasteiger partial charge is 0.423 e. The molecule has 0 unspecified atom stereocenters. The highest BCUT2D eigenvalue weighted by atomic mass is 79.9. The third-order valence-electron chi connectivity index (χ3n) is 3.47. The molecule has 1 aliphatic rings. The van der Waals surface area contributed by atoms with Crippen LogP contribution in [0.1, 0.15) is 36.4 Å². The molecule has 0 N–H and O–H groups in total. The molecule has 0 radical (unpaired) electrons. The third kappa shape index (κ3) is 2.02. The lowest BCUT2D eigenvalue weighted by Gasteiger charge is -2.02. The van der Waals surface area contributed by atoms with E-state index in [4.69, 9.17) is 4.42 Å². The molecule has 0 aliphatic heterocycles. The number of hydrogen-bond acceptors (Lipinski definition) is 5. The average molecular weight is 334 g/mol. The van der Waals surface area contributed by atoms with Crippen LogP contribution in [0.4, 0.5) is 0 Å². The van der Waals surface area contributed by atoms with Gasteiger partial charge in [0.25, 0.3) is 0 Å². The summed E-state index contributed by atoms with van der Waals surface area (Å²) in [7, 11) is 0. The van der Waals surface area contributed by atoms with E-state index in [1.807, 2.05) is 17.6 Å². The first-order chi connectivity index (χ1) is 9.70. The van der Waals surface area contributed by atoms with Gasteiger partial charge < -0.3 is 8.98 Å². The number of aromatic nitrogens is 5. The van der Waals surface area contributed by atoms with Gasteiger partial charge in [0.2, 0.25) is 11.8 Å². The predicted molar refractivity (Wildman–Crippen MR) is 75.3 cm³/mol. The Kier molecular flexibility index (Phi) is 2.63. The topological polar surface area (TPSA) is 69.6 Å². The van der Waals surface area contributed by atoms with Gasteiger partial charge in [0.15, 0.2) is 5.65 Å². The van der Waals surface area contributed by atoms with Crippen LogP contribution in [-0.2, 0) is 6.54 Å². The Hall–Kier alpha value is -1.76. The van der Waals surface area contributed by atoms with E-state index in [1.165, 1.54) is 0 Å². The standard InChI is InChI=1S/C13H12BrN5O/c1-7-16-12-10(4-9(14)5-15-12)19(7)6-11-17-18-13(20-11)8-2-3-8/h4-5,8H,2-3,6H2,1H3. The summed E-state index contributed by atoms with van der Waals surface area (Å²) in [4.78, 5) is 8.75. The minimum atomic E-state index is 0.479.